The number of hydrogen-bond acceptors (Lipinski definition) is 4. The van der Waals surface area contributed by atoms with Crippen LogP contribution in [0.25, 0.3) is 0 Å². The van der Waals surface area contributed by atoms with Gasteiger partial charge in [-0.25, -0.2) is 8.42 Å². The molecule has 25 heavy (non-hydrogen) atoms. The maximum absolute atomic E-state index is 12.3. The van der Waals surface area contributed by atoms with Crippen molar-refractivity contribution in [1.29, 1.82) is 0 Å². The smallest absolute Gasteiger partial charge is 0.239 e. The van der Waals surface area contributed by atoms with Crippen molar-refractivity contribution in [2.75, 3.05) is 31.3 Å². The van der Waals surface area contributed by atoms with Crippen LogP contribution in [0.4, 0.5) is 5.69 Å². The normalized spacial score (nSPS) is 18.5. The number of rotatable bonds is 6. The number of nitrogens with zero attached hydrogens (tertiary/aromatic N) is 1. The van der Waals surface area contributed by atoms with Gasteiger partial charge in [-0.15, -0.1) is 0 Å². The van der Waals surface area contributed by atoms with Crippen LogP contribution >= 0.6 is 0 Å². The van der Waals surface area contributed by atoms with Crippen molar-refractivity contribution in [3.63, 3.8) is 0 Å². The van der Waals surface area contributed by atoms with Gasteiger partial charge in [0.2, 0.25) is 15.9 Å². The average molecular weight is 368 g/mol. The molecule has 1 amide bonds. The van der Waals surface area contributed by atoms with Crippen LogP contribution < -0.4 is 5.32 Å². The molecule has 0 aromatic heterocycles. The highest BCUT2D eigenvalue weighted by atomic mass is 32.2. The standard InChI is InChI=1S/C18H28N2O4S/c1-18(2,3)14-7-9-15(10-8-14)19-17(21)13-20(25(4,22)23)12-16-6-5-11-24-16/h7-10,16H,5-6,11-13H2,1-4H3,(H,19,21). The lowest BCUT2D eigenvalue weighted by atomic mass is 9.87. The van der Waals surface area contributed by atoms with E-state index in [0.29, 0.717) is 12.3 Å². The topological polar surface area (TPSA) is 75.7 Å². The zero-order chi connectivity index (χ0) is 18.7. The van der Waals surface area contributed by atoms with Gasteiger partial charge in [0.05, 0.1) is 18.9 Å². The Morgan fingerprint density at radius 1 is 1.28 bits per heavy atom. The van der Waals surface area contributed by atoms with E-state index in [-0.39, 0.29) is 30.5 Å². The molecule has 1 fully saturated rings. The lowest BCUT2D eigenvalue weighted by Gasteiger charge is -2.22. The zero-order valence-electron chi connectivity index (χ0n) is 15.4. The van der Waals surface area contributed by atoms with Crippen LogP contribution in [0.3, 0.4) is 0 Å². The summed E-state index contributed by atoms with van der Waals surface area (Å²) in [7, 11) is -3.47. The number of benzene rings is 1. The van der Waals surface area contributed by atoms with Crippen molar-refractivity contribution >= 4 is 21.6 Å². The van der Waals surface area contributed by atoms with Gasteiger partial charge in [-0.1, -0.05) is 32.9 Å². The van der Waals surface area contributed by atoms with Gasteiger partial charge in [0.25, 0.3) is 0 Å². The summed E-state index contributed by atoms with van der Waals surface area (Å²) in [5.41, 5.74) is 1.86. The average Bonchev–Trinajstić information content (AvgIpc) is 2.98. The molecule has 2 rings (SSSR count). The van der Waals surface area contributed by atoms with Crippen molar-refractivity contribution in [1.82, 2.24) is 4.31 Å². The summed E-state index contributed by atoms with van der Waals surface area (Å²) in [5, 5.41) is 2.76. The third-order valence-electron chi connectivity index (χ3n) is 4.25. The van der Waals surface area contributed by atoms with Gasteiger partial charge in [-0.2, -0.15) is 4.31 Å². The first-order valence-electron chi connectivity index (χ1n) is 8.53. The molecule has 140 valence electrons. The van der Waals surface area contributed by atoms with E-state index in [0.717, 1.165) is 19.1 Å². The number of sulfonamides is 1. The Labute approximate surface area is 150 Å². The van der Waals surface area contributed by atoms with E-state index in [9.17, 15) is 13.2 Å². The molecule has 1 N–H and O–H groups in total. The third kappa shape index (κ3) is 6.09. The van der Waals surface area contributed by atoms with E-state index in [1.54, 1.807) is 0 Å². The van der Waals surface area contributed by atoms with Crippen molar-refractivity contribution in [2.45, 2.75) is 45.1 Å². The second-order valence-electron chi connectivity index (χ2n) is 7.57. The van der Waals surface area contributed by atoms with E-state index >= 15 is 0 Å². The second kappa shape index (κ2) is 7.85. The summed E-state index contributed by atoms with van der Waals surface area (Å²) in [4.78, 5) is 12.3. The molecule has 1 unspecified atom stereocenters. The van der Waals surface area contributed by atoms with Gasteiger partial charge in [-0.3, -0.25) is 4.79 Å². The Morgan fingerprint density at radius 3 is 2.40 bits per heavy atom. The summed E-state index contributed by atoms with van der Waals surface area (Å²) >= 11 is 0. The fraction of sp³-hybridized carbons (Fsp3) is 0.611. The Kier molecular flexibility index (Phi) is 6.24. The van der Waals surface area contributed by atoms with Gasteiger partial charge in [0.15, 0.2) is 0 Å². The van der Waals surface area contributed by atoms with Gasteiger partial charge in [0, 0.05) is 18.8 Å². The van der Waals surface area contributed by atoms with Crippen LogP contribution in [0.5, 0.6) is 0 Å². The quantitative estimate of drug-likeness (QED) is 0.836. The highest BCUT2D eigenvalue weighted by Gasteiger charge is 2.26. The first-order valence-corrected chi connectivity index (χ1v) is 10.4. The maximum Gasteiger partial charge on any atom is 0.239 e. The number of ether oxygens (including phenoxy) is 1. The van der Waals surface area contributed by atoms with Gasteiger partial charge in [0.1, 0.15) is 0 Å². The lowest BCUT2D eigenvalue weighted by molar-refractivity contribution is -0.116. The van der Waals surface area contributed by atoms with E-state index in [2.05, 4.69) is 26.1 Å². The summed E-state index contributed by atoms with van der Waals surface area (Å²) in [6.07, 6.45) is 2.73. The first kappa shape index (κ1) is 19.9. The van der Waals surface area contributed by atoms with E-state index in [1.165, 1.54) is 9.87 Å². The molecule has 1 atom stereocenters. The van der Waals surface area contributed by atoms with Crippen molar-refractivity contribution in [2.24, 2.45) is 0 Å². The molecule has 1 aliphatic rings. The van der Waals surface area contributed by atoms with Gasteiger partial charge in [-0.05, 0) is 36.0 Å². The first-order chi connectivity index (χ1) is 11.6. The largest absolute Gasteiger partial charge is 0.377 e. The number of carbonyl (C=O) groups excluding carboxylic acids is 1. The summed E-state index contributed by atoms with van der Waals surface area (Å²) in [6, 6.07) is 7.61. The monoisotopic (exact) mass is 368 g/mol. The molecule has 7 heteroatoms. The predicted molar refractivity (Wildman–Crippen MR) is 99.2 cm³/mol. The Morgan fingerprint density at radius 2 is 1.92 bits per heavy atom. The van der Waals surface area contributed by atoms with Crippen molar-refractivity contribution in [3.8, 4) is 0 Å². The predicted octanol–water partition coefficient (Wildman–Crippen LogP) is 2.36. The minimum absolute atomic E-state index is 0.0386. The van der Waals surface area contributed by atoms with Crippen LogP contribution in [0.2, 0.25) is 0 Å². The number of amides is 1. The molecule has 0 spiro atoms. The molecule has 0 radical (unpaired) electrons. The van der Waals surface area contributed by atoms with E-state index in [1.807, 2.05) is 24.3 Å². The number of nitrogens with one attached hydrogen (secondary N) is 1. The van der Waals surface area contributed by atoms with Crippen molar-refractivity contribution in [3.05, 3.63) is 29.8 Å². The van der Waals surface area contributed by atoms with E-state index in [4.69, 9.17) is 4.74 Å². The molecule has 0 bridgehead atoms. The molecule has 1 aromatic carbocycles. The molecular weight excluding hydrogens is 340 g/mol. The number of hydrogen-bond donors (Lipinski definition) is 1. The molecule has 6 nitrogen and oxygen atoms in total. The number of carbonyl (C=O) groups is 1. The lowest BCUT2D eigenvalue weighted by Crippen LogP contribution is -2.41. The molecule has 1 heterocycles. The SMILES string of the molecule is CC(C)(C)c1ccc(NC(=O)CN(CC2CCCO2)S(C)(=O)=O)cc1. The molecule has 1 saturated heterocycles. The Balaban J connectivity index is 1.98. The van der Waals surface area contributed by atoms with Crippen LogP contribution in [0, 0.1) is 0 Å². The second-order valence-corrected chi connectivity index (χ2v) is 9.55. The van der Waals surface area contributed by atoms with E-state index < -0.39 is 10.0 Å². The minimum atomic E-state index is -3.47. The Bertz CT molecular complexity index is 687. The highest BCUT2D eigenvalue weighted by molar-refractivity contribution is 7.88. The Hall–Kier alpha value is -1.44. The molecular formula is C18H28N2O4S. The van der Waals surface area contributed by atoms with Gasteiger partial charge >= 0.3 is 0 Å². The molecule has 1 aromatic rings. The fourth-order valence-electron chi connectivity index (χ4n) is 2.75. The van der Waals surface area contributed by atoms with Gasteiger partial charge < -0.3 is 10.1 Å². The third-order valence-corrected chi connectivity index (χ3v) is 5.47. The molecule has 0 aliphatic carbocycles. The van der Waals surface area contributed by atoms with Crippen LogP contribution in [0.15, 0.2) is 24.3 Å². The maximum atomic E-state index is 12.3. The fourth-order valence-corrected chi connectivity index (χ4v) is 3.54. The summed E-state index contributed by atoms with van der Waals surface area (Å²) in [5.74, 6) is -0.355. The zero-order valence-corrected chi connectivity index (χ0v) is 16.2. The minimum Gasteiger partial charge on any atom is -0.377 e. The van der Waals surface area contributed by atoms with Crippen LogP contribution in [-0.2, 0) is 25.0 Å². The molecule has 0 saturated carbocycles. The van der Waals surface area contributed by atoms with Crippen molar-refractivity contribution < 1.29 is 17.9 Å². The molecule has 1 aliphatic heterocycles. The summed E-state index contributed by atoms with van der Waals surface area (Å²) < 4.78 is 30.6. The summed E-state index contributed by atoms with van der Waals surface area (Å²) in [6.45, 7) is 7.02. The number of anilines is 1. The van der Waals surface area contributed by atoms with Crippen LogP contribution in [0.1, 0.15) is 39.2 Å². The van der Waals surface area contributed by atoms with Crippen LogP contribution in [-0.4, -0.2) is 50.7 Å². The highest BCUT2D eigenvalue weighted by Crippen LogP contribution is 2.23.